The molecule has 0 atom stereocenters. The van der Waals surface area contributed by atoms with Gasteiger partial charge >= 0.3 is 0 Å². The lowest BCUT2D eigenvalue weighted by molar-refractivity contribution is -0.120. The Kier molecular flexibility index (Phi) is 7.39. The van der Waals surface area contributed by atoms with Crippen molar-refractivity contribution < 1.29 is 22.7 Å². The van der Waals surface area contributed by atoms with E-state index in [0.29, 0.717) is 29.2 Å². The molecule has 0 fully saturated rings. The summed E-state index contributed by atoms with van der Waals surface area (Å²) in [6.45, 7) is 2.33. The number of anilines is 1. The van der Waals surface area contributed by atoms with Crippen LogP contribution < -0.4 is 20.1 Å². The molecule has 150 valence electrons. The maximum atomic E-state index is 12.1. The molecule has 0 saturated carbocycles. The van der Waals surface area contributed by atoms with Crippen molar-refractivity contribution in [3.8, 4) is 5.75 Å². The smallest absolute Gasteiger partial charge is 0.251 e. The predicted octanol–water partition coefficient (Wildman–Crippen LogP) is 1.50. The number of hydrogen-bond donors (Lipinski definition) is 3. The van der Waals surface area contributed by atoms with Gasteiger partial charge in [-0.05, 0) is 42.8 Å². The minimum absolute atomic E-state index is 0.121. The molecule has 8 nitrogen and oxygen atoms in total. The van der Waals surface area contributed by atoms with Gasteiger partial charge in [0.15, 0.2) is 0 Å². The van der Waals surface area contributed by atoms with Crippen LogP contribution in [0.4, 0.5) is 5.69 Å². The first kappa shape index (κ1) is 21.2. The average Bonchev–Trinajstić information content (AvgIpc) is 2.65. The summed E-state index contributed by atoms with van der Waals surface area (Å²) in [4.78, 5) is 24.1. The Morgan fingerprint density at radius 1 is 1.00 bits per heavy atom. The van der Waals surface area contributed by atoms with Crippen LogP contribution in [-0.2, 0) is 21.4 Å². The molecule has 0 spiro atoms. The molecule has 0 unspecified atom stereocenters. The molecule has 2 amide bonds. The molecule has 0 aromatic heterocycles. The van der Waals surface area contributed by atoms with E-state index in [1.54, 1.807) is 48.5 Å². The molecule has 3 N–H and O–H groups in total. The van der Waals surface area contributed by atoms with Gasteiger partial charge in [0.05, 0.1) is 25.1 Å². The van der Waals surface area contributed by atoms with Crippen LogP contribution >= 0.6 is 0 Å². The summed E-state index contributed by atoms with van der Waals surface area (Å²) in [5.41, 5.74) is 1.42. The lowest BCUT2D eigenvalue weighted by Gasteiger charge is -2.12. The van der Waals surface area contributed by atoms with Crippen molar-refractivity contribution >= 4 is 27.5 Å². The zero-order valence-corrected chi connectivity index (χ0v) is 16.5. The first-order valence-electron chi connectivity index (χ1n) is 8.62. The maximum Gasteiger partial charge on any atom is 0.251 e. The fraction of sp³-hybridized carbons (Fsp3) is 0.263. The largest absolute Gasteiger partial charge is 0.494 e. The highest BCUT2D eigenvalue weighted by atomic mass is 32.2. The SMILES string of the molecule is CCOc1ccc(C(=O)NCC(=O)NCc2ccccc2NS(C)(=O)=O)cc1. The summed E-state index contributed by atoms with van der Waals surface area (Å²) in [7, 11) is -3.43. The van der Waals surface area contributed by atoms with Gasteiger partial charge in [-0.25, -0.2) is 8.42 Å². The summed E-state index contributed by atoms with van der Waals surface area (Å²) in [6.07, 6.45) is 1.05. The van der Waals surface area contributed by atoms with Gasteiger partial charge in [-0.1, -0.05) is 18.2 Å². The molecule has 2 aromatic rings. The molecule has 0 aliphatic rings. The molecule has 0 heterocycles. The van der Waals surface area contributed by atoms with E-state index in [2.05, 4.69) is 15.4 Å². The molecule has 0 bridgehead atoms. The third-order valence-corrected chi connectivity index (χ3v) is 4.22. The van der Waals surface area contributed by atoms with E-state index in [4.69, 9.17) is 4.74 Å². The number of carbonyl (C=O) groups is 2. The maximum absolute atomic E-state index is 12.1. The lowest BCUT2D eigenvalue weighted by atomic mass is 10.2. The number of amides is 2. The van der Waals surface area contributed by atoms with Crippen molar-refractivity contribution in [2.75, 3.05) is 24.1 Å². The second kappa shape index (κ2) is 9.75. The molecular formula is C19H23N3O5S. The molecule has 2 rings (SSSR count). The van der Waals surface area contributed by atoms with Gasteiger partial charge < -0.3 is 15.4 Å². The van der Waals surface area contributed by atoms with Gasteiger partial charge in [0.25, 0.3) is 5.91 Å². The number of benzene rings is 2. The molecule has 0 aliphatic carbocycles. The van der Waals surface area contributed by atoms with Crippen LogP contribution in [0, 0.1) is 0 Å². The van der Waals surface area contributed by atoms with Gasteiger partial charge in [0.1, 0.15) is 5.75 Å². The number of ether oxygens (including phenoxy) is 1. The van der Waals surface area contributed by atoms with E-state index in [1.807, 2.05) is 6.92 Å². The third-order valence-electron chi connectivity index (χ3n) is 3.63. The van der Waals surface area contributed by atoms with Gasteiger partial charge in [-0.3, -0.25) is 14.3 Å². The van der Waals surface area contributed by atoms with Crippen LogP contribution in [0.5, 0.6) is 5.75 Å². The molecule has 0 radical (unpaired) electrons. The topological polar surface area (TPSA) is 114 Å². The van der Waals surface area contributed by atoms with Crippen LogP contribution in [-0.4, -0.2) is 39.6 Å². The number of hydrogen-bond acceptors (Lipinski definition) is 5. The number of nitrogens with one attached hydrogen (secondary N) is 3. The van der Waals surface area contributed by atoms with Crippen molar-refractivity contribution in [2.45, 2.75) is 13.5 Å². The van der Waals surface area contributed by atoms with E-state index in [9.17, 15) is 18.0 Å². The number of rotatable bonds is 9. The fourth-order valence-corrected chi connectivity index (χ4v) is 2.96. The first-order chi connectivity index (χ1) is 13.3. The predicted molar refractivity (Wildman–Crippen MR) is 107 cm³/mol. The normalized spacial score (nSPS) is 10.8. The molecule has 0 aliphatic heterocycles. The van der Waals surface area contributed by atoms with Gasteiger partial charge in [-0.15, -0.1) is 0 Å². The van der Waals surface area contributed by atoms with Gasteiger partial charge in [0.2, 0.25) is 15.9 Å². The van der Waals surface area contributed by atoms with Crippen LogP contribution in [0.15, 0.2) is 48.5 Å². The minimum atomic E-state index is -3.43. The summed E-state index contributed by atoms with van der Waals surface area (Å²) in [5.74, 6) is -0.107. The molecule has 28 heavy (non-hydrogen) atoms. The molecule has 2 aromatic carbocycles. The quantitative estimate of drug-likeness (QED) is 0.585. The highest BCUT2D eigenvalue weighted by Crippen LogP contribution is 2.16. The van der Waals surface area contributed by atoms with E-state index in [0.717, 1.165) is 6.26 Å². The molecule has 0 saturated heterocycles. The van der Waals surface area contributed by atoms with Crippen molar-refractivity contribution in [3.05, 3.63) is 59.7 Å². The Hall–Kier alpha value is -3.07. The van der Waals surface area contributed by atoms with Crippen molar-refractivity contribution in [3.63, 3.8) is 0 Å². The first-order valence-corrected chi connectivity index (χ1v) is 10.5. The van der Waals surface area contributed by atoms with E-state index < -0.39 is 15.9 Å². The minimum Gasteiger partial charge on any atom is -0.494 e. The Bertz CT molecular complexity index is 927. The standard InChI is InChI=1S/C19H23N3O5S/c1-3-27-16-10-8-14(9-11-16)19(24)21-13-18(23)20-12-15-6-4-5-7-17(15)22-28(2,25)26/h4-11,22H,3,12-13H2,1-2H3,(H,20,23)(H,21,24). The lowest BCUT2D eigenvalue weighted by Crippen LogP contribution is -2.36. The van der Waals surface area contributed by atoms with Crippen molar-refractivity contribution in [2.24, 2.45) is 0 Å². The van der Waals surface area contributed by atoms with Crippen LogP contribution in [0.2, 0.25) is 0 Å². The number of para-hydroxylation sites is 1. The Morgan fingerprint density at radius 2 is 1.68 bits per heavy atom. The average molecular weight is 405 g/mol. The second-order valence-electron chi connectivity index (χ2n) is 5.95. The van der Waals surface area contributed by atoms with Crippen LogP contribution in [0.1, 0.15) is 22.8 Å². The highest BCUT2D eigenvalue weighted by Gasteiger charge is 2.10. The summed E-state index contributed by atoms with van der Waals surface area (Å²) >= 11 is 0. The van der Waals surface area contributed by atoms with E-state index in [-0.39, 0.29) is 19.0 Å². The van der Waals surface area contributed by atoms with Gasteiger partial charge in [-0.2, -0.15) is 0 Å². The third kappa shape index (κ3) is 6.92. The van der Waals surface area contributed by atoms with E-state index in [1.165, 1.54) is 0 Å². The molecular weight excluding hydrogens is 382 g/mol. The van der Waals surface area contributed by atoms with Crippen molar-refractivity contribution in [1.29, 1.82) is 0 Å². The number of sulfonamides is 1. The van der Waals surface area contributed by atoms with Crippen LogP contribution in [0.3, 0.4) is 0 Å². The number of carbonyl (C=O) groups excluding carboxylic acids is 2. The Morgan fingerprint density at radius 3 is 2.32 bits per heavy atom. The Labute approximate surface area is 164 Å². The van der Waals surface area contributed by atoms with Gasteiger partial charge in [0, 0.05) is 12.1 Å². The second-order valence-corrected chi connectivity index (χ2v) is 7.70. The Balaban J connectivity index is 1.85. The van der Waals surface area contributed by atoms with Crippen LogP contribution in [0.25, 0.3) is 0 Å². The van der Waals surface area contributed by atoms with Crippen molar-refractivity contribution in [1.82, 2.24) is 10.6 Å². The summed E-state index contributed by atoms with van der Waals surface area (Å²) < 4.78 is 30.5. The zero-order chi connectivity index (χ0) is 20.6. The van der Waals surface area contributed by atoms with E-state index >= 15 is 0 Å². The summed E-state index contributed by atoms with van der Waals surface area (Å²) in [6, 6.07) is 13.3. The highest BCUT2D eigenvalue weighted by molar-refractivity contribution is 7.92. The summed E-state index contributed by atoms with van der Waals surface area (Å²) in [5, 5.41) is 5.19. The fourth-order valence-electron chi connectivity index (χ4n) is 2.36. The zero-order valence-electron chi connectivity index (χ0n) is 15.7. The molecule has 9 heteroatoms. The monoisotopic (exact) mass is 405 g/mol.